The second-order valence-corrected chi connectivity index (χ2v) is 5.17. The quantitative estimate of drug-likeness (QED) is 0.723. The zero-order valence-corrected chi connectivity index (χ0v) is 12.3. The van der Waals surface area contributed by atoms with Crippen molar-refractivity contribution in [2.75, 3.05) is 11.9 Å². The van der Waals surface area contributed by atoms with Crippen LogP contribution >= 0.6 is 0 Å². The van der Waals surface area contributed by atoms with Gasteiger partial charge in [-0.1, -0.05) is 13.0 Å². The average molecular weight is 296 g/mol. The number of carbonyl (C=O) groups is 2. The first kappa shape index (κ1) is 16.9. The molecule has 0 aromatic heterocycles. The van der Waals surface area contributed by atoms with Gasteiger partial charge in [0.15, 0.2) is 0 Å². The van der Waals surface area contributed by atoms with Crippen molar-refractivity contribution in [3.8, 4) is 0 Å². The van der Waals surface area contributed by atoms with Crippen LogP contribution in [-0.2, 0) is 4.79 Å². The van der Waals surface area contributed by atoms with Gasteiger partial charge in [-0.3, -0.25) is 4.79 Å². The Morgan fingerprint density at radius 2 is 2.05 bits per heavy atom. The maximum Gasteiger partial charge on any atom is 0.319 e. The van der Waals surface area contributed by atoms with Gasteiger partial charge in [0.1, 0.15) is 5.82 Å². The third kappa shape index (κ3) is 6.74. The highest BCUT2D eigenvalue weighted by Crippen LogP contribution is 2.13. The molecule has 1 aromatic carbocycles. The van der Waals surface area contributed by atoms with E-state index in [1.165, 1.54) is 6.07 Å². The molecule has 3 N–H and O–H groups in total. The third-order valence-electron chi connectivity index (χ3n) is 3.20. The van der Waals surface area contributed by atoms with E-state index in [9.17, 15) is 14.0 Å². The number of hydrogen-bond donors (Lipinski definition) is 3. The molecule has 0 radical (unpaired) electrons. The van der Waals surface area contributed by atoms with Crippen molar-refractivity contribution in [2.45, 2.75) is 33.1 Å². The molecule has 0 heterocycles. The topological polar surface area (TPSA) is 78.4 Å². The molecule has 1 atom stereocenters. The van der Waals surface area contributed by atoms with Crippen molar-refractivity contribution >= 4 is 17.7 Å². The van der Waals surface area contributed by atoms with E-state index in [4.69, 9.17) is 5.11 Å². The van der Waals surface area contributed by atoms with Gasteiger partial charge in [0.05, 0.1) is 0 Å². The SMILES string of the molecule is Cc1ccc(NC(=O)NCCC(C)CCC(=O)O)cc1F. The molecule has 1 aromatic rings. The number of aliphatic carboxylic acids is 1. The number of rotatable bonds is 7. The standard InChI is InChI=1S/C15H21FN2O3/c1-10(3-6-14(19)20)7-8-17-15(21)18-12-5-4-11(2)13(16)9-12/h4-5,9-10H,3,6-8H2,1-2H3,(H,19,20)(H2,17,18,21). The lowest BCUT2D eigenvalue weighted by Crippen LogP contribution is -2.30. The Morgan fingerprint density at radius 1 is 1.33 bits per heavy atom. The first-order valence-corrected chi connectivity index (χ1v) is 6.91. The molecule has 0 aliphatic carbocycles. The largest absolute Gasteiger partial charge is 0.481 e. The number of halogens is 1. The summed E-state index contributed by atoms with van der Waals surface area (Å²) in [5.74, 6) is -0.956. The smallest absolute Gasteiger partial charge is 0.319 e. The molecule has 0 fully saturated rings. The molecule has 0 saturated heterocycles. The highest BCUT2D eigenvalue weighted by Gasteiger charge is 2.07. The second-order valence-electron chi connectivity index (χ2n) is 5.17. The lowest BCUT2D eigenvalue weighted by atomic mass is 10.0. The molecule has 2 amide bonds. The fourth-order valence-corrected chi connectivity index (χ4v) is 1.79. The van der Waals surface area contributed by atoms with Crippen molar-refractivity contribution in [3.05, 3.63) is 29.6 Å². The minimum absolute atomic E-state index is 0.135. The molecule has 1 rings (SSSR count). The van der Waals surface area contributed by atoms with Crippen LogP contribution < -0.4 is 10.6 Å². The fourth-order valence-electron chi connectivity index (χ4n) is 1.79. The molecule has 0 aliphatic rings. The Hall–Kier alpha value is -2.11. The molecule has 0 saturated carbocycles. The maximum absolute atomic E-state index is 13.3. The van der Waals surface area contributed by atoms with E-state index >= 15 is 0 Å². The predicted octanol–water partition coefficient (Wildman–Crippen LogP) is 3.15. The summed E-state index contributed by atoms with van der Waals surface area (Å²) in [4.78, 5) is 22.0. The third-order valence-corrected chi connectivity index (χ3v) is 3.20. The van der Waals surface area contributed by atoms with E-state index in [0.29, 0.717) is 30.6 Å². The summed E-state index contributed by atoms with van der Waals surface area (Å²) >= 11 is 0. The van der Waals surface area contributed by atoms with Crippen LogP contribution in [0.3, 0.4) is 0 Å². The van der Waals surface area contributed by atoms with Crippen LogP contribution in [0.15, 0.2) is 18.2 Å². The van der Waals surface area contributed by atoms with E-state index in [2.05, 4.69) is 10.6 Å². The number of carboxylic acids is 1. The Morgan fingerprint density at radius 3 is 2.67 bits per heavy atom. The van der Waals surface area contributed by atoms with Crippen LogP contribution in [0, 0.1) is 18.7 Å². The Balaban J connectivity index is 2.27. The van der Waals surface area contributed by atoms with Crippen molar-refractivity contribution in [2.24, 2.45) is 5.92 Å². The highest BCUT2D eigenvalue weighted by atomic mass is 19.1. The number of anilines is 1. The van der Waals surface area contributed by atoms with Gasteiger partial charge in [0.25, 0.3) is 0 Å². The molecule has 116 valence electrons. The Kier molecular flexibility index (Phi) is 6.65. The molecule has 0 aliphatic heterocycles. The first-order chi connectivity index (χ1) is 9.88. The number of carboxylic acid groups (broad SMARTS) is 1. The molecule has 6 heteroatoms. The lowest BCUT2D eigenvalue weighted by molar-refractivity contribution is -0.137. The van der Waals surface area contributed by atoms with Gasteiger partial charge >= 0.3 is 12.0 Å². The van der Waals surface area contributed by atoms with E-state index in [1.54, 1.807) is 19.1 Å². The summed E-state index contributed by atoms with van der Waals surface area (Å²) in [5, 5.41) is 13.8. The van der Waals surface area contributed by atoms with Crippen LogP contribution in [0.2, 0.25) is 0 Å². The van der Waals surface area contributed by atoms with Gasteiger partial charge < -0.3 is 15.7 Å². The van der Waals surface area contributed by atoms with Crippen molar-refractivity contribution < 1.29 is 19.1 Å². The summed E-state index contributed by atoms with van der Waals surface area (Å²) in [7, 11) is 0. The molecule has 0 spiro atoms. The predicted molar refractivity (Wildman–Crippen MR) is 78.8 cm³/mol. The summed E-state index contributed by atoms with van der Waals surface area (Å²) in [6.45, 7) is 4.04. The van der Waals surface area contributed by atoms with Crippen LogP contribution in [0.5, 0.6) is 0 Å². The molecule has 0 bridgehead atoms. The molecule has 1 unspecified atom stereocenters. The summed E-state index contributed by atoms with van der Waals surface area (Å²) in [5.41, 5.74) is 0.919. The van der Waals surface area contributed by atoms with Gasteiger partial charge in [-0.25, -0.2) is 9.18 Å². The van der Waals surface area contributed by atoms with Crippen molar-refractivity contribution in [3.63, 3.8) is 0 Å². The number of nitrogens with one attached hydrogen (secondary N) is 2. The zero-order valence-electron chi connectivity index (χ0n) is 12.3. The number of benzene rings is 1. The summed E-state index contributed by atoms with van der Waals surface area (Å²) in [6, 6.07) is 4.10. The van der Waals surface area contributed by atoms with E-state index in [-0.39, 0.29) is 18.2 Å². The number of carbonyl (C=O) groups excluding carboxylic acids is 1. The number of aryl methyl sites for hydroxylation is 1. The normalized spacial score (nSPS) is 11.8. The molecular weight excluding hydrogens is 275 g/mol. The zero-order chi connectivity index (χ0) is 15.8. The summed E-state index contributed by atoms with van der Waals surface area (Å²) < 4.78 is 13.3. The minimum Gasteiger partial charge on any atom is -0.481 e. The second kappa shape index (κ2) is 8.24. The van der Waals surface area contributed by atoms with Crippen molar-refractivity contribution in [1.82, 2.24) is 5.32 Å². The van der Waals surface area contributed by atoms with Crippen LogP contribution in [-0.4, -0.2) is 23.7 Å². The Bertz CT molecular complexity index is 506. The van der Waals surface area contributed by atoms with E-state index < -0.39 is 12.0 Å². The summed E-state index contributed by atoms with van der Waals surface area (Å²) in [6.07, 6.45) is 1.42. The van der Waals surface area contributed by atoms with Gasteiger partial charge in [0.2, 0.25) is 0 Å². The Labute approximate surface area is 123 Å². The first-order valence-electron chi connectivity index (χ1n) is 6.91. The average Bonchev–Trinajstić information content (AvgIpc) is 2.40. The lowest BCUT2D eigenvalue weighted by Gasteiger charge is -2.11. The number of hydrogen-bond acceptors (Lipinski definition) is 2. The minimum atomic E-state index is -0.811. The fraction of sp³-hybridized carbons (Fsp3) is 0.467. The van der Waals surface area contributed by atoms with Gasteiger partial charge in [-0.05, 0) is 43.4 Å². The van der Waals surface area contributed by atoms with Crippen LogP contribution in [0.25, 0.3) is 0 Å². The highest BCUT2D eigenvalue weighted by molar-refractivity contribution is 5.89. The molecular formula is C15H21FN2O3. The van der Waals surface area contributed by atoms with E-state index in [0.717, 1.165) is 0 Å². The van der Waals surface area contributed by atoms with Crippen LogP contribution in [0.1, 0.15) is 31.7 Å². The van der Waals surface area contributed by atoms with Crippen molar-refractivity contribution in [1.29, 1.82) is 0 Å². The van der Waals surface area contributed by atoms with E-state index in [1.807, 2.05) is 6.92 Å². The van der Waals surface area contributed by atoms with Gasteiger partial charge in [0, 0.05) is 18.7 Å². The van der Waals surface area contributed by atoms with Gasteiger partial charge in [-0.15, -0.1) is 0 Å². The van der Waals surface area contributed by atoms with Crippen LogP contribution in [0.4, 0.5) is 14.9 Å². The number of amides is 2. The number of urea groups is 1. The maximum atomic E-state index is 13.3. The molecule has 21 heavy (non-hydrogen) atoms. The van der Waals surface area contributed by atoms with Gasteiger partial charge in [-0.2, -0.15) is 0 Å². The molecule has 5 nitrogen and oxygen atoms in total. The monoisotopic (exact) mass is 296 g/mol.